The van der Waals surface area contributed by atoms with Crippen molar-refractivity contribution in [2.45, 2.75) is 52.1 Å². The number of rotatable bonds is 4. The smallest absolute Gasteiger partial charge is 0.240 e. The maximum absolute atomic E-state index is 12.2. The molecule has 1 fully saturated rings. The molecule has 1 aliphatic rings. The van der Waals surface area contributed by atoms with Crippen molar-refractivity contribution < 1.29 is 9.59 Å². The van der Waals surface area contributed by atoms with Crippen LogP contribution in [-0.4, -0.2) is 23.9 Å². The van der Waals surface area contributed by atoms with Crippen LogP contribution in [-0.2, 0) is 9.59 Å². The summed E-state index contributed by atoms with van der Waals surface area (Å²) in [5, 5.41) is 2.74. The summed E-state index contributed by atoms with van der Waals surface area (Å²) < 4.78 is 0. The minimum atomic E-state index is -0.609. The third kappa shape index (κ3) is 3.45. The largest absolute Gasteiger partial charge is 0.368 e. The van der Waals surface area contributed by atoms with Crippen molar-refractivity contribution in [3.63, 3.8) is 0 Å². The topological polar surface area (TPSA) is 98.2 Å². The number of carbonyl (C=O) groups is 2. The van der Waals surface area contributed by atoms with E-state index in [9.17, 15) is 9.59 Å². The molecule has 0 spiro atoms. The van der Waals surface area contributed by atoms with Gasteiger partial charge < -0.3 is 16.8 Å². The lowest BCUT2D eigenvalue weighted by molar-refractivity contribution is -0.132. The number of nitrogens with two attached hydrogens (primary N) is 2. The molecular formula is C13H25N3O2. The highest BCUT2D eigenvalue weighted by Gasteiger charge is 2.34. The molecule has 5 N–H and O–H groups in total. The minimum Gasteiger partial charge on any atom is -0.368 e. The lowest BCUT2D eigenvalue weighted by atomic mass is 9.77. The number of hydrogen-bond acceptors (Lipinski definition) is 3. The lowest BCUT2D eigenvalue weighted by Crippen LogP contribution is -2.54. The molecule has 0 saturated heterocycles. The van der Waals surface area contributed by atoms with Crippen molar-refractivity contribution in [2.75, 3.05) is 0 Å². The maximum atomic E-state index is 12.2. The molecule has 5 heteroatoms. The average Bonchev–Trinajstić information content (AvgIpc) is 2.28. The predicted octanol–water partition coefficient (Wildman–Crippen LogP) is 0.376. The zero-order valence-corrected chi connectivity index (χ0v) is 11.5. The molecule has 104 valence electrons. The first-order valence-corrected chi connectivity index (χ1v) is 6.69. The Kier molecular flexibility index (Phi) is 5.14. The van der Waals surface area contributed by atoms with Gasteiger partial charge in [-0.1, -0.05) is 27.2 Å². The number of amides is 2. The SMILES string of the molecule is CC(C)C(NC(=O)C1CCCC(C)C1N)C(N)=O. The van der Waals surface area contributed by atoms with Gasteiger partial charge in [0.2, 0.25) is 11.8 Å². The van der Waals surface area contributed by atoms with Crippen molar-refractivity contribution >= 4 is 11.8 Å². The van der Waals surface area contributed by atoms with E-state index in [1.165, 1.54) is 0 Å². The second-order valence-electron chi connectivity index (χ2n) is 5.72. The summed E-state index contributed by atoms with van der Waals surface area (Å²) in [5.74, 6) is -0.485. The summed E-state index contributed by atoms with van der Waals surface area (Å²) in [6, 6.07) is -0.735. The molecule has 4 atom stereocenters. The molecule has 0 radical (unpaired) electrons. The van der Waals surface area contributed by atoms with Crippen molar-refractivity contribution in [3.05, 3.63) is 0 Å². The third-order valence-corrected chi connectivity index (χ3v) is 3.90. The van der Waals surface area contributed by atoms with Crippen molar-refractivity contribution in [2.24, 2.45) is 29.2 Å². The fourth-order valence-corrected chi connectivity index (χ4v) is 2.57. The Balaban J connectivity index is 2.66. The van der Waals surface area contributed by atoms with E-state index in [0.717, 1.165) is 19.3 Å². The Bertz CT molecular complexity index is 317. The molecule has 4 unspecified atom stereocenters. The summed E-state index contributed by atoms with van der Waals surface area (Å²) >= 11 is 0. The summed E-state index contributed by atoms with van der Waals surface area (Å²) in [7, 11) is 0. The van der Waals surface area contributed by atoms with E-state index >= 15 is 0 Å². The Morgan fingerprint density at radius 2 is 1.89 bits per heavy atom. The van der Waals surface area contributed by atoms with Crippen LogP contribution in [0.25, 0.3) is 0 Å². The van der Waals surface area contributed by atoms with Crippen LogP contribution in [0.3, 0.4) is 0 Å². The fraction of sp³-hybridized carbons (Fsp3) is 0.846. The normalized spacial score (nSPS) is 29.9. The molecule has 1 aliphatic carbocycles. The first-order valence-electron chi connectivity index (χ1n) is 6.69. The van der Waals surface area contributed by atoms with Gasteiger partial charge in [-0.25, -0.2) is 0 Å². The van der Waals surface area contributed by atoms with E-state index in [0.29, 0.717) is 5.92 Å². The van der Waals surface area contributed by atoms with Gasteiger partial charge in [0.05, 0.1) is 5.92 Å². The van der Waals surface area contributed by atoms with Crippen LogP contribution in [0.4, 0.5) is 0 Å². The first kappa shape index (κ1) is 15.0. The van der Waals surface area contributed by atoms with Gasteiger partial charge in [0.1, 0.15) is 6.04 Å². The number of primary amides is 1. The van der Waals surface area contributed by atoms with Crippen LogP contribution in [0.5, 0.6) is 0 Å². The predicted molar refractivity (Wildman–Crippen MR) is 70.4 cm³/mol. The van der Waals surface area contributed by atoms with Crippen molar-refractivity contribution in [3.8, 4) is 0 Å². The number of nitrogens with one attached hydrogen (secondary N) is 1. The highest BCUT2D eigenvalue weighted by atomic mass is 16.2. The molecule has 5 nitrogen and oxygen atoms in total. The molecule has 0 aromatic carbocycles. The van der Waals surface area contributed by atoms with E-state index in [1.54, 1.807) is 0 Å². The van der Waals surface area contributed by atoms with Gasteiger partial charge in [-0.15, -0.1) is 0 Å². The van der Waals surface area contributed by atoms with Crippen LogP contribution in [0.1, 0.15) is 40.0 Å². The van der Waals surface area contributed by atoms with Gasteiger partial charge in [-0.2, -0.15) is 0 Å². The Hall–Kier alpha value is -1.10. The van der Waals surface area contributed by atoms with Crippen molar-refractivity contribution in [1.82, 2.24) is 5.32 Å². The van der Waals surface area contributed by atoms with Gasteiger partial charge in [0.15, 0.2) is 0 Å². The van der Waals surface area contributed by atoms with E-state index in [4.69, 9.17) is 11.5 Å². The molecular weight excluding hydrogens is 230 g/mol. The second kappa shape index (κ2) is 6.18. The summed E-state index contributed by atoms with van der Waals surface area (Å²) in [5.41, 5.74) is 11.4. The average molecular weight is 255 g/mol. The van der Waals surface area contributed by atoms with Gasteiger partial charge in [0.25, 0.3) is 0 Å². The molecule has 18 heavy (non-hydrogen) atoms. The molecule has 0 heterocycles. The van der Waals surface area contributed by atoms with Crippen LogP contribution < -0.4 is 16.8 Å². The van der Waals surface area contributed by atoms with Gasteiger partial charge in [-0.3, -0.25) is 9.59 Å². The number of hydrogen-bond donors (Lipinski definition) is 3. The van der Waals surface area contributed by atoms with Crippen LogP contribution in [0.2, 0.25) is 0 Å². The summed E-state index contributed by atoms with van der Waals surface area (Å²) in [6.45, 7) is 5.79. The molecule has 0 aliphatic heterocycles. The molecule has 0 aromatic heterocycles. The van der Waals surface area contributed by atoms with Gasteiger partial charge >= 0.3 is 0 Å². The van der Waals surface area contributed by atoms with Crippen LogP contribution >= 0.6 is 0 Å². The molecule has 1 rings (SSSR count). The fourth-order valence-electron chi connectivity index (χ4n) is 2.57. The Morgan fingerprint density at radius 3 is 2.39 bits per heavy atom. The zero-order valence-electron chi connectivity index (χ0n) is 11.5. The molecule has 2 amide bonds. The quantitative estimate of drug-likeness (QED) is 0.677. The summed E-state index contributed by atoms with van der Waals surface area (Å²) in [4.78, 5) is 23.5. The molecule has 0 bridgehead atoms. The van der Waals surface area contributed by atoms with Gasteiger partial charge in [0, 0.05) is 6.04 Å². The maximum Gasteiger partial charge on any atom is 0.240 e. The summed E-state index contributed by atoms with van der Waals surface area (Å²) in [6.07, 6.45) is 2.87. The van der Waals surface area contributed by atoms with E-state index < -0.39 is 11.9 Å². The highest BCUT2D eigenvalue weighted by molar-refractivity contribution is 5.88. The monoisotopic (exact) mass is 255 g/mol. The Morgan fingerprint density at radius 1 is 1.28 bits per heavy atom. The Labute approximate surface area is 109 Å². The molecule has 1 saturated carbocycles. The van der Waals surface area contributed by atoms with E-state index in [-0.39, 0.29) is 23.8 Å². The minimum absolute atomic E-state index is 0.0105. The highest BCUT2D eigenvalue weighted by Crippen LogP contribution is 2.28. The third-order valence-electron chi connectivity index (χ3n) is 3.90. The standard InChI is InChI=1S/C13H25N3O2/c1-7(2)11(12(15)17)16-13(18)9-6-4-5-8(3)10(9)14/h7-11H,4-6,14H2,1-3H3,(H2,15,17)(H,16,18). The van der Waals surface area contributed by atoms with Crippen LogP contribution in [0, 0.1) is 17.8 Å². The van der Waals surface area contributed by atoms with E-state index in [2.05, 4.69) is 12.2 Å². The van der Waals surface area contributed by atoms with E-state index in [1.807, 2.05) is 13.8 Å². The number of carbonyl (C=O) groups excluding carboxylic acids is 2. The van der Waals surface area contributed by atoms with Gasteiger partial charge in [-0.05, 0) is 24.7 Å². The lowest BCUT2D eigenvalue weighted by Gasteiger charge is -2.34. The van der Waals surface area contributed by atoms with Crippen molar-refractivity contribution in [1.29, 1.82) is 0 Å². The zero-order chi connectivity index (χ0) is 13.9. The molecule has 0 aromatic rings. The first-order chi connectivity index (χ1) is 8.34. The second-order valence-corrected chi connectivity index (χ2v) is 5.72. The van der Waals surface area contributed by atoms with Crippen LogP contribution in [0.15, 0.2) is 0 Å².